The molecule has 0 fully saturated rings. The van der Waals surface area contributed by atoms with E-state index in [1.165, 1.54) is 29.7 Å². The highest BCUT2D eigenvalue weighted by atomic mass is 32.1. The second-order valence-corrected chi connectivity index (χ2v) is 7.01. The number of amides is 1. The van der Waals surface area contributed by atoms with Crippen molar-refractivity contribution in [2.24, 2.45) is 5.73 Å². The third-order valence-electron chi connectivity index (χ3n) is 4.48. The molecule has 0 spiro atoms. The van der Waals surface area contributed by atoms with Crippen LogP contribution in [0.3, 0.4) is 0 Å². The van der Waals surface area contributed by atoms with Gasteiger partial charge in [0, 0.05) is 17.0 Å². The molecule has 2 rings (SSSR count). The Balaban J connectivity index is 1.99. The smallest absolute Gasteiger partial charge is 0.261 e. The molecule has 1 heterocycles. The van der Waals surface area contributed by atoms with Crippen LogP contribution in [-0.4, -0.2) is 18.0 Å². The summed E-state index contributed by atoms with van der Waals surface area (Å²) in [5, 5.41) is 3.01. The van der Waals surface area contributed by atoms with Gasteiger partial charge in [-0.3, -0.25) is 4.79 Å². The topological polar surface area (TPSA) is 55.1 Å². The number of aryl methyl sites for hydroxylation is 2. The summed E-state index contributed by atoms with van der Waals surface area (Å²) in [4.78, 5) is 14.5. The van der Waals surface area contributed by atoms with Crippen molar-refractivity contribution < 1.29 is 4.79 Å². The molecule has 0 radical (unpaired) electrons. The number of carbonyl (C=O) groups is 1. The van der Waals surface area contributed by atoms with Crippen LogP contribution in [-0.2, 0) is 12.8 Å². The van der Waals surface area contributed by atoms with E-state index in [0.717, 1.165) is 30.6 Å². The molecule has 0 saturated carbocycles. The third-order valence-corrected chi connectivity index (χ3v) is 5.72. The van der Waals surface area contributed by atoms with E-state index in [0.29, 0.717) is 6.54 Å². The lowest BCUT2D eigenvalue weighted by Crippen LogP contribution is -2.49. The largest absolute Gasteiger partial charge is 0.349 e. The zero-order chi connectivity index (χ0) is 14.6. The van der Waals surface area contributed by atoms with Gasteiger partial charge in [-0.2, -0.15) is 0 Å². The molecule has 0 saturated heterocycles. The quantitative estimate of drug-likeness (QED) is 0.819. The van der Waals surface area contributed by atoms with E-state index in [2.05, 4.69) is 25.2 Å². The Morgan fingerprint density at radius 1 is 1.30 bits per heavy atom. The van der Waals surface area contributed by atoms with Crippen molar-refractivity contribution in [3.8, 4) is 0 Å². The lowest BCUT2D eigenvalue weighted by molar-refractivity contribution is 0.0946. The molecular weight excluding hydrogens is 268 g/mol. The van der Waals surface area contributed by atoms with Gasteiger partial charge in [0.15, 0.2) is 0 Å². The summed E-state index contributed by atoms with van der Waals surface area (Å²) in [7, 11) is 0. The standard InChI is InChI=1S/C16H26N2OS/c1-3-16(17,4-2)11-18-15(19)14-10-12-8-6-5-7-9-13(12)20-14/h10H,3-9,11,17H2,1-2H3,(H,18,19). The highest BCUT2D eigenvalue weighted by Gasteiger charge is 2.22. The number of hydrogen-bond donors (Lipinski definition) is 2. The van der Waals surface area contributed by atoms with Crippen molar-refractivity contribution in [1.82, 2.24) is 5.32 Å². The number of hydrogen-bond acceptors (Lipinski definition) is 3. The summed E-state index contributed by atoms with van der Waals surface area (Å²) in [5.41, 5.74) is 7.35. The average molecular weight is 294 g/mol. The maximum Gasteiger partial charge on any atom is 0.261 e. The van der Waals surface area contributed by atoms with Gasteiger partial charge in [-0.25, -0.2) is 0 Å². The fourth-order valence-electron chi connectivity index (χ4n) is 2.62. The minimum absolute atomic E-state index is 0.0415. The van der Waals surface area contributed by atoms with Gasteiger partial charge >= 0.3 is 0 Å². The summed E-state index contributed by atoms with van der Waals surface area (Å²) < 4.78 is 0. The Morgan fingerprint density at radius 2 is 2.00 bits per heavy atom. The van der Waals surface area contributed by atoms with Crippen LogP contribution in [0.25, 0.3) is 0 Å². The lowest BCUT2D eigenvalue weighted by atomic mass is 9.94. The Hall–Kier alpha value is -0.870. The van der Waals surface area contributed by atoms with Crippen molar-refractivity contribution >= 4 is 17.2 Å². The van der Waals surface area contributed by atoms with Crippen LogP contribution in [0.1, 0.15) is 66.1 Å². The normalized spacial score (nSPS) is 15.6. The van der Waals surface area contributed by atoms with Crippen molar-refractivity contribution in [3.63, 3.8) is 0 Å². The predicted molar refractivity (Wildman–Crippen MR) is 85.4 cm³/mol. The molecule has 0 unspecified atom stereocenters. The Morgan fingerprint density at radius 3 is 2.70 bits per heavy atom. The fourth-order valence-corrected chi connectivity index (χ4v) is 3.79. The minimum atomic E-state index is -0.274. The number of thiophene rings is 1. The maximum absolute atomic E-state index is 12.3. The van der Waals surface area contributed by atoms with Gasteiger partial charge in [0.05, 0.1) is 4.88 Å². The van der Waals surface area contributed by atoms with Gasteiger partial charge in [0.1, 0.15) is 0 Å². The second-order valence-electron chi connectivity index (χ2n) is 5.87. The SMILES string of the molecule is CCC(N)(CC)CNC(=O)c1cc2c(s1)CCCCC2. The number of carbonyl (C=O) groups excluding carboxylic acids is 1. The lowest BCUT2D eigenvalue weighted by Gasteiger charge is -2.26. The highest BCUT2D eigenvalue weighted by molar-refractivity contribution is 7.14. The van der Waals surface area contributed by atoms with E-state index in [-0.39, 0.29) is 11.4 Å². The van der Waals surface area contributed by atoms with Crippen molar-refractivity contribution in [2.75, 3.05) is 6.54 Å². The van der Waals surface area contributed by atoms with Crippen LogP contribution in [0.5, 0.6) is 0 Å². The first-order valence-corrected chi connectivity index (χ1v) is 8.58. The summed E-state index contributed by atoms with van der Waals surface area (Å²) in [6.07, 6.45) is 7.84. The number of nitrogens with one attached hydrogen (secondary N) is 1. The fraction of sp³-hybridized carbons (Fsp3) is 0.688. The number of rotatable bonds is 5. The van der Waals surface area contributed by atoms with Crippen LogP contribution in [0.15, 0.2) is 6.07 Å². The minimum Gasteiger partial charge on any atom is -0.349 e. The van der Waals surface area contributed by atoms with Gasteiger partial charge in [-0.05, 0) is 50.2 Å². The molecule has 1 aromatic rings. The molecule has 3 nitrogen and oxygen atoms in total. The van der Waals surface area contributed by atoms with E-state index in [9.17, 15) is 4.79 Å². The van der Waals surface area contributed by atoms with Gasteiger partial charge in [0.25, 0.3) is 5.91 Å². The molecule has 3 N–H and O–H groups in total. The average Bonchev–Trinajstić information content (AvgIpc) is 2.75. The van der Waals surface area contributed by atoms with E-state index in [4.69, 9.17) is 5.73 Å². The molecule has 1 amide bonds. The van der Waals surface area contributed by atoms with E-state index in [1.54, 1.807) is 11.3 Å². The summed E-state index contributed by atoms with van der Waals surface area (Å²) in [5.74, 6) is 0.0415. The van der Waals surface area contributed by atoms with Crippen LogP contribution < -0.4 is 11.1 Å². The van der Waals surface area contributed by atoms with Crippen LogP contribution in [0.4, 0.5) is 0 Å². The number of fused-ring (bicyclic) bond motifs is 1. The molecule has 0 aromatic carbocycles. The summed E-state index contributed by atoms with van der Waals surface area (Å²) in [6.45, 7) is 4.70. The first kappa shape index (κ1) is 15.5. The second kappa shape index (κ2) is 6.72. The Kier molecular flexibility index (Phi) is 5.22. The molecule has 1 aromatic heterocycles. The van der Waals surface area contributed by atoms with Gasteiger partial charge in [-0.15, -0.1) is 11.3 Å². The predicted octanol–water partition coefficient (Wildman–Crippen LogP) is 3.26. The summed E-state index contributed by atoms with van der Waals surface area (Å²) >= 11 is 1.67. The van der Waals surface area contributed by atoms with E-state index in [1.807, 2.05) is 0 Å². The van der Waals surface area contributed by atoms with Crippen molar-refractivity contribution in [1.29, 1.82) is 0 Å². The molecule has 0 bridgehead atoms. The van der Waals surface area contributed by atoms with Crippen LogP contribution >= 0.6 is 11.3 Å². The monoisotopic (exact) mass is 294 g/mol. The molecule has 112 valence electrons. The molecule has 1 aliphatic rings. The molecule has 1 aliphatic carbocycles. The first-order chi connectivity index (χ1) is 9.58. The van der Waals surface area contributed by atoms with Gasteiger partial charge < -0.3 is 11.1 Å². The van der Waals surface area contributed by atoms with Gasteiger partial charge in [-0.1, -0.05) is 20.3 Å². The Bertz CT molecular complexity index is 440. The zero-order valence-corrected chi connectivity index (χ0v) is 13.4. The van der Waals surface area contributed by atoms with E-state index < -0.39 is 0 Å². The zero-order valence-electron chi connectivity index (χ0n) is 12.6. The molecule has 0 atom stereocenters. The molecule has 4 heteroatoms. The van der Waals surface area contributed by atoms with E-state index >= 15 is 0 Å². The number of nitrogens with two attached hydrogens (primary N) is 1. The van der Waals surface area contributed by atoms with Crippen LogP contribution in [0.2, 0.25) is 0 Å². The maximum atomic E-state index is 12.3. The van der Waals surface area contributed by atoms with Crippen LogP contribution in [0, 0.1) is 0 Å². The molecule has 0 aliphatic heterocycles. The Labute approximate surface area is 125 Å². The first-order valence-electron chi connectivity index (χ1n) is 7.76. The molecule has 20 heavy (non-hydrogen) atoms. The summed E-state index contributed by atoms with van der Waals surface area (Å²) in [6, 6.07) is 2.09. The van der Waals surface area contributed by atoms with Crippen molar-refractivity contribution in [2.45, 2.75) is 64.3 Å². The van der Waals surface area contributed by atoms with Crippen molar-refractivity contribution in [3.05, 3.63) is 21.4 Å². The van der Waals surface area contributed by atoms with Gasteiger partial charge in [0.2, 0.25) is 0 Å². The molecular formula is C16H26N2OS. The highest BCUT2D eigenvalue weighted by Crippen LogP contribution is 2.29. The third kappa shape index (κ3) is 3.61.